The molecular weight excluding hydrogens is 639 g/mol. The number of carbonyl (C=O) groups is 2. The van der Waals surface area contributed by atoms with Gasteiger partial charge in [0.25, 0.3) is 11.5 Å². The molecule has 1 amide bonds. The van der Waals surface area contributed by atoms with E-state index in [1.54, 1.807) is 29.9 Å². The summed E-state index contributed by atoms with van der Waals surface area (Å²) in [6.45, 7) is 11.5. The highest BCUT2D eigenvalue weighted by atomic mass is 19.1. The normalized spacial score (nSPS) is 20.4. The Hall–Kier alpha value is -4.88. The van der Waals surface area contributed by atoms with Gasteiger partial charge in [0.1, 0.15) is 23.0 Å². The van der Waals surface area contributed by atoms with E-state index in [4.69, 9.17) is 4.74 Å². The van der Waals surface area contributed by atoms with Gasteiger partial charge in [0.05, 0.1) is 36.7 Å². The minimum Gasteiger partial charge on any atom is -0.378 e. The highest BCUT2D eigenvalue weighted by Crippen LogP contribution is 2.42. The molecule has 0 saturated carbocycles. The molecule has 0 spiro atoms. The van der Waals surface area contributed by atoms with Crippen LogP contribution in [0.2, 0.25) is 0 Å². The quantitative estimate of drug-likeness (QED) is 0.289. The number of fused-ring (bicyclic) bond motifs is 3. The standard InChI is InChI=1S/C37H41FN8O4/c1-22-17-43(25-20-50-21-25)9-10-44(22)24-5-6-31(40-16-24)41-29-13-23(18-42(4)35(29)48)26-7-8-39-34(28(26)19-47)46-12-11-45-30-15-37(2,3)14-27(30)32(38)33(45)36(46)49/h5-8,13,16,18-19,22,25H,9-12,14-15,17,20-21H2,1-4H3,(H,40,41)/t22-/m0/s1. The highest BCUT2D eigenvalue weighted by molar-refractivity contribution is 6.09. The number of halogens is 1. The molecule has 2 fully saturated rings. The first-order chi connectivity index (χ1) is 24.0. The van der Waals surface area contributed by atoms with E-state index in [2.05, 4.69) is 45.9 Å². The summed E-state index contributed by atoms with van der Waals surface area (Å²) in [4.78, 5) is 55.1. The molecule has 7 heterocycles. The largest absolute Gasteiger partial charge is 0.378 e. The van der Waals surface area contributed by atoms with Crippen LogP contribution >= 0.6 is 0 Å². The number of anilines is 4. The second-order valence-corrected chi connectivity index (χ2v) is 14.7. The van der Waals surface area contributed by atoms with E-state index in [0.717, 1.165) is 44.2 Å². The number of hydrogen-bond acceptors (Lipinski definition) is 9. The van der Waals surface area contributed by atoms with Gasteiger partial charge in [-0.1, -0.05) is 13.8 Å². The number of aryl methyl sites for hydroxylation is 1. The lowest BCUT2D eigenvalue weighted by Crippen LogP contribution is -2.59. The number of aromatic nitrogens is 4. The first-order valence-electron chi connectivity index (χ1n) is 17.2. The van der Waals surface area contributed by atoms with Gasteiger partial charge >= 0.3 is 0 Å². The molecule has 0 bridgehead atoms. The minimum absolute atomic E-state index is 0.0217. The summed E-state index contributed by atoms with van der Waals surface area (Å²) in [5.74, 6) is -0.330. The van der Waals surface area contributed by atoms with Crippen molar-refractivity contribution in [2.24, 2.45) is 12.5 Å². The summed E-state index contributed by atoms with van der Waals surface area (Å²) in [5, 5.41) is 3.17. The summed E-state index contributed by atoms with van der Waals surface area (Å²) in [5.41, 5.74) is 3.72. The molecular formula is C37H41FN8O4. The van der Waals surface area contributed by atoms with Gasteiger partial charge in [-0.2, -0.15) is 0 Å². The number of amides is 1. The Labute approximate surface area is 289 Å². The molecule has 0 unspecified atom stereocenters. The number of nitrogens with one attached hydrogen (secondary N) is 1. The maximum atomic E-state index is 15.7. The third-order valence-corrected chi connectivity index (χ3v) is 10.7. The number of rotatable bonds is 7. The molecule has 4 aromatic heterocycles. The van der Waals surface area contributed by atoms with E-state index in [0.29, 0.717) is 60.3 Å². The molecule has 1 atom stereocenters. The van der Waals surface area contributed by atoms with Crippen LogP contribution in [0.5, 0.6) is 0 Å². The van der Waals surface area contributed by atoms with Crippen LogP contribution in [-0.2, 0) is 31.2 Å². The monoisotopic (exact) mass is 680 g/mol. The van der Waals surface area contributed by atoms with Gasteiger partial charge in [-0.05, 0) is 55.0 Å². The molecule has 260 valence electrons. The highest BCUT2D eigenvalue weighted by Gasteiger charge is 2.41. The van der Waals surface area contributed by atoms with E-state index < -0.39 is 11.7 Å². The zero-order valence-electron chi connectivity index (χ0n) is 28.8. The molecule has 2 saturated heterocycles. The lowest BCUT2D eigenvalue weighted by atomic mass is 9.90. The van der Waals surface area contributed by atoms with Crippen molar-refractivity contribution in [2.45, 2.75) is 52.2 Å². The smallest absolute Gasteiger partial charge is 0.279 e. The molecule has 1 aliphatic carbocycles. The third kappa shape index (κ3) is 5.39. The summed E-state index contributed by atoms with van der Waals surface area (Å²) in [6, 6.07) is 8.05. The van der Waals surface area contributed by atoms with Gasteiger partial charge in [-0.15, -0.1) is 0 Å². The van der Waals surface area contributed by atoms with Crippen molar-refractivity contribution in [3.05, 3.63) is 81.5 Å². The Balaban J connectivity index is 1.05. The van der Waals surface area contributed by atoms with E-state index >= 15 is 4.39 Å². The van der Waals surface area contributed by atoms with E-state index in [1.165, 1.54) is 15.7 Å². The van der Waals surface area contributed by atoms with Crippen molar-refractivity contribution in [1.29, 1.82) is 0 Å². The molecule has 50 heavy (non-hydrogen) atoms. The summed E-state index contributed by atoms with van der Waals surface area (Å²) < 4.78 is 24.3. The Morgan fingerprint density at radius 3 is 2.58 bits per heavy atom. The van der Waals surface area contributed by atoms with Crippen LogP contribution in [0.25, 0.3) is 11.1 Å². The SMILES string of the molecule is C[C@H]1CN(C2COC2)CCN1c1ccc(Nc2cc(-c3ccnc(N4CCn5c6c(c(F)c5C4=O)CC(C)(C)C6)c3C=O)cn(C)c2=O)nc1. The molecule has 1 N–H and O–H groups in total. The molecule has 4 aromatic rings. The second-order valence-electron chi connectivity index (χ2n) is 14.7. The fourth-order valence-electron chi connectivity index (χ4n) is 8.05. The molecule has 4 aliphatic rings. The maximum absolute atomic E-state index is 15.7. The Morgan fingerprint density at radius 2 is 1.88 bits per heavy atom. The van der Waals surface area contributed by atoms with Crippen LogP contribution in [0.4, 0.5) is 27.4 Å². The van der Waals surface area contributed by atoms with Gasteiger partial charge in [0.2, 0.25) is 0 Å². The van der Waals surface area contributed by atoms with Gasteiger partial charge in [-0.3, -0.25) is 24.2 Å². The summed E-state index contributed by atoms with van der Waals surface area (Å²) >= 11 is 0. The predicted molar refractivity (Wildman–Crippen MR) is 188 cm³/mol. The second kappa shape index (κ2) is 12.2. The molecule has 12 nitrogen and oxygen atoms in total. The fraction of sp³-hybridized carbons (Fsp3) is 0.432. The van der Waals surface area contributed by atoms with Gasteiger partial charge in [0, 0.05) is 75.0 Å². The van der Waals surface area contributed by atoms with Crippen molar-refractivity contribution in [2.75, 3.05) is 54.5 Å². The fourth-order valence-corrected chi connectivity index (χ4v) is 8.05. The summed E-state index contributed by atoms with van der Waals surface area (Å²) in [7, 11) is 1.64. The number of hydrogen-bond donors (Lipinski definition) is 1. The zero-order valence-corrected chi connectivity index (χ0v) is 28.8. The Kier molecular flexibility index (Phi) is 7.87. The molecule has 8 rings (SSSR count). The average Bonchev–Trinajstić information content (AvgIpc) is 3.53. The molecule has 0 radical (unpaired) electrons. The number of piperazine rings is 1. The number of aldehydes is 1. The van der Waals surface area contributed by atoms with Gasteiger partial charge in [0.15, 0.2) is 12.1 Å². The van der Waals surface area contributed by atoms with Crippen LogP contribution in [0.1, 0.15) is 52.9 Å². The maximum Gasteiger partial charge on any atom is 0.279 e. The van der Waals surface area contributed by atoms with E-state index in [1.807, 2.05) is 18.3 Å². The topological polar surface area (TPSA) is 118 Å². The van der Waals surface area contributed by atoms with Crippen molar-refractivity contribution in [3.63, 3.8) is 0 Å². The molecule has 0 aromatic carbocycles. The first-order valence-corrected chi connectivity index (χ1v) is 17.2. The number of pyridine rings is 3. The number of ether oxygens (including phenoxy) is 1. The molecule has 13 heteroatoms. The predicted octanol–water partition coefficient (Wildman–Crippen LogP) is 4.03. The average molecular weight is 681 g/mol. The van der Waals surface area contributed by atoms with Crippen molar-refractivity contribution in [3.8, 4) is 11.1 Å². The lowest BCUT2D eigenvalue weighted by Gasteiger charge is -2.46. The van der Waals surface area contributed by atoms with Gasteiger partial charge in [-0.25, -0.2) is 14.4 Å². The van der Waals surface area contributed by atoms with Crippen LogP contribution in [0.15, 0.2) is 47.7 Å². The van der Waals surface area contributed by atoms with Crippen molar-refractivity contribution in [1.82, 2.24) is 24.0 Å². The molecule has 3 aliphatic heterocycles. The number of carbonyl (C=O) groups excluding carboxylic acids is 2. The Bertz CT molecular complexity index is 2070. The van der Waals surface area contributed by atoms with E-state index in [9.17, 15) is 14.4 Å². The van der Waals surface area contributed by atoms with Crippen LogP contribution in [-0.4, -0.2) is 87.7 Å². The van der Waals surface area contributed by atoms with Gasteiger partial charge < -0.3 is 24.1 Å². The number of nitrogens with zero attached hydrogens (tertiary/aromatic N) is 7. The third-order valence-electron chi connectivity index (χ3n) is 10.7. The zero-order chi connectivity index (χ0) is 34.9. The summed E-state index contributed by atoms with van der Waals surface area (Å²) in [6.07, 6.45) is 6.93. The first kappa shape index (κ1) is 32.3. The van der Waals surface area contributed by atoms with Crippen molar-refractivity contribution < 1.29 is 18.7 Å². The lowest BCUT2D eigenvalue weighted by molar-refractivity contribution is -0.0691. The van der Waals surface area contributed by atoms with Crippen LogP contribution < -0.4 is 20.7 Å². The Morgan fingerprint density at radius 1 is 1.06 bits per heavy atom. The van der Waals surface area contributed by atoms with Crippen molar-refractivity contribution >= 4 is 35.2 Å². The van der Waals surface area contributed by atoms with Crippen LogP contribution in [0.3, 0.4) is 0 Å². The van der Waals surface area contributed by atoms with Crippen LogP contribution in [0, 0.1) is 11.2 Å². The minimum atomic E-state index is -0.518. The van der Waals surface area contributed by atoms with E-state index in [-0.39, 0.29) is 40.3 Å².